The van der Waals surface area contributed by atoms with Gasteiger partial charge in [-0.05, 0) is 24.3 Å². The van der Waals surface area contributed by atoms with E-state index in [0.29, 0.717) is 11.8 Å². The predicted molar refractivity (Wildman–Crippen MR) is 121 cm³/mol. The van der Waals surface area contributed by atoms with Crippen LogP contribution in [0.1, 0.15) is 0 Å². The van der Waals surface area contributed by atoms with Gasteiger partial charge in [-0.25, -0.2) is 4.98 Å². The van der Waals surface area contributed by atoms with Gasteiger partial charge in [0.1, 0.15) is 17.1 Å². The Morgan fingerprint density at radius 2 is 1.34 bits per heavy atom. The van der Waals surface area contributed by atoms with Gasteiger partial charge in [0.2, 0.25) is 5.16 Å². The van der Waals surface area contributed by atoms with Crippen LogP contribution in [0.2, 0.25) is 0 Å². The third-order valence-electron chi connectivity index (χ3n) is 4.16. The summed E-state index contributed by atoms with van der Waals surface area (Å²) in [6.45, 7) is 0.566. The van der Waals surface area contributed by atoms with E-state index in [1.165, 1.54) is 11.8 Å². The SMILES string of the molecule is Brc1ccc(OCCSc2nnc(-c3ccccc3)c(-c3ccccc3)n2)cc1. The Morgan fingerprint density at radius 1 is 0.724 bits per heavy atom. The second kappa shape index (κ2) is 9.67. The molecule has 0 aliphatic rings. The fourth-order valence-corrected chi connectivity index (χ4v) is 3.65. The summed E-state index contributed by atoms with van der Waals surface area (Å²) in [6, 6.07) is 27.9. The maximum Gasteiger partial charge on any atom is 0.209 e. The molecule has 0 aliphatic heterocycles. The van der Waals surface area contributed by atoms with Crippen LogP contribution >= 0.6 is 27.7 Å². The second-order valence-corrected chi connectivity index (χ2v) is 8.15. The highest BCUT2D eigenvalue weighted by Crippen LogP contribution is 2.29. The zero-order valence-electron chi connectivity index (χ0n) is 15.5. The molecule has 6 heteroatoms. The van der Waals surface area contributed by atoms with E-state index in [9.17, 15) is 0 Å². The molecule has 0 saturated heterocycles. The first-order valence-corrected chi connectivity index (χ1v) is 10.9. The van der Waals surface area contributed by atoms with Crippen molar-refractivity contribution in [2.75, 3.05) is 12.4 Å². The highest BCUT2D eigenvalue weighted by atomic mass is 79.9. The van der Waals surface area contributed by atoms with Crippen molar-refractivity contribution in [1.82, 2.24) is 15.2 Å². The lowest BCUT2D eigenvalue weighted by Crippen LogP contribution is -2.03. The summed E-state index contributed by atoms with van der Waals surface area (Å²) < 4.78 is 6.81. The van der Waals surface area contributed by atoms with E-state index in [4.69, 9.17) is 9.72 Å². The maximum absolute atomic E-state index is 5.77. The number of hydrogen-bond donors (Lipinski definition) is 0. The van der Waals surface area contributed by atoms with Crippen molar-refractivity contribution >= 4 is 27.7 Å². The van der Waals surface area contributed by atoms with Gasteiger partial charge in [-0.15, -0.1) is 10.2 Å². The molecule has 1 aromatic heterocycles. The average molecular weight is 464 g/mol. The third kappa shape index (κ3) is 5.22. The van der Waals surface area contributed by atoms with Crippen molar-refractivity contribution < 1.29 is 4.74 Å². The van der Waals surface area contributed by atoms with Crippen LogP contribution in [0.5, 0.6) is 5.75 Å². The number of hydrogen-bond acceptors (Lipinski definition) is 5. The van der Waals surface area contributed by atoms with Crippen LogP contribution in [0.3, 0.4) is 0 Å². The van der Waals surface area contributed by atoms with Gasteiger partial charge in [-0.1, -0.05) is 88.4 Å². The molecule has 0 spiro atoms. The minimum Gasteiger partial charge on any atom is -0.493 e. The highest BCUT2D eigenvalue weighted by molar-refractivity contribution is 9.10. The lowest BCUT2D eigenvalue weighted by Gasteiger charge is -2.10. The molecule has 0 amide bonds. The first-order chi connectivity index (χ1) is 14.3. The summed E-state index contributed by atoms with van der Waals surface area (Å²) in [4.78, 5) is 4.80. The fraction of sp³-hybridized carbons (Fsp3) is 0.0870. The zero-order valence-corrected chi connectivity index (χ0v) is 17.9. The largest absolute Gasteiger partial charge is 0.493 e. The Bertz CT molecular complexity index is 1060. The van der Waals surface area contributed by atoms with Crippen molar-refractivity contribution in [2.24, 2.45) is 0 Å². The van der Waals surface area contributed by atoms with Crippen LogP contribution in [-0.4, -0.2) is 27.5 Å². The Kier molecular flexibility index (Phi) is 6.54. The topological polar surface area (TPSA) is 47.9 Å². The van der Waals surface area contributed by atoms with Gasteiger partial charge in [0.25, 0.3) is 0 Å². The van der Waals surface area contributed by atoms with Crippen molar-refractivity contribution in [3.05, 3.63) is 89.4 Å². The molecule has 0 bridgehead atoms. The monoisotopic (exact) mass is 463 g/mol. The Hall–Kier alpha value is -2.70. The van der Waals surface area contributed by atoms with Gasteiger partial charge >= 0.3 is 0 Å². The highest BCUT2D eigenvalue weighted by Gasteiger charge is 2.13. The molecule has 29 heavy (non-hydrogen) atoms. The molecule has 144 valence electrons. The molecule has 4 rings (SSSR count). The molecule has 0 fully saturated rings. The number of ether oxygens (including phenoxy) is 1. The molecule has 0 aliphatic carbocycles. The smallest absolute Gasteiger partial charge is 0.209 e. The first kappa shape index (κ1) is 19.6. The van der Waals surface area contributed by atoms with Crippen LogP contribution in [0.25, 0.3) is 22.5 Å². The van der Waals surface area contributed by atoms with E-state index in [-0.39, 0.29) is 0 Å². The molecule has 0 unspecified atom stereocenters. The zero-order chi connectivity index (χ0) is 19.9. The minimum absolute atomic E-state index is 0.566. The Balaban J connectivity index is 1.50. The van der Waals surface area contributed by atoms with Crippen LogP contribution in [0.4, 0.5) is 0 Å². The van der Waals surface area contributed by atoms with Crippen molar-refractivity contribution in [3.8, 4) is 28.3 Å². The number of nitrogens with zero attached hydrogens (tertiary/aromatic N) is 3. The number of halogens is 1. The molecule has 4 nitrogen and oxygen atoms in total. The molecular formula is C23H18BrN3OS. The number of benzene rings is 3. The maximum atomic E-state index is 5.77. The van der Waals surface area contributed by atoms with Crippen molar-refractivity contribution in [3.63, 3.8) is 0 Å². The molecule has 3 aromatic carbocycles. The minimum atomic E-state index is 0.566. The van der Waals surface area contributed by atoms with E-state index >= 15 is 0 Å². The van der Waals surface area contributed by atoms with Gasteiger partial charge in [-0.2, -0.15) is 0 Å². The van der Waals surface area contributed by atoms with Crippen molar-refractivity contribution in [2.45, 2.75) is 5.16 Å². The summed E-state index contributed by atoms with van der Waals surface area (Å²) >= 11 is 4.96. The van der Waals surface area contributed by atoms with Gasteiger partial charge in [0.05, 0.1) is 6.61 Å². The molecule has 1 heterocycles. The molecule has 0 N–H and O–H groups in total. The van der Waals surface area contributed by atoms with Crippen LogP contribution in [-0.2, 0) is 0 Å². The van der Waals surface area contributed by atoms with E-state index in [1.807, 2.05) is 84.9 Å². The molecule has 0 radical (unpaired) electrons. The van der Waals surface area contributed by atoms with Crippen LogP contribution in [0.15, 0.2) is 94.6 Å². The molecule has 4 aromatic rings. The quantitative estimate of drug-likeness (QED) is 0.243. The summed E-state index contributed by atoms with van der Waals surface area (Å²) in [6.07, 6.45) is 0. The van der Waals surface area contributed by atoms with Gasteiger partial charge in [0.15, 0.2) is 0 Å². The summed E-state index contributed by atoms with van der Waals surface area (Å²) in [7, 11) is 0. The summed E-state index contributed by atoms with van der Waals surface area (Å²) in [5.74, 6) is 1.58. The third-order valence-corrected chi connectivity index (χ3v) is 5.49. The number of rotatable bonds is 7. The molecular weight excluding hydrogens is 446 g/mol. The van der Waals surface area contributed by atoms with Gasteiger partial charge in [-0.3, -0.25) is 0 Å². The number of aromatic nitrogens is 3. The van der Waals surface area contributed by atoms with Gasteiger partial charge in [0, 0.05) is 21.4 Å². The van der Waals surface area contributed by atoms with E-state index in [2.05, 4.69) is 26.1 Å². The first-order valence-electron chi connectivity index (χ1n) is 9.16. The van der Waals surface area contributed by atoms with Crippen LogP contribution in [0, 0.1) is 0 Å². The normalized spacial score (nSPS) is 10.7. The van der Waals surface area contributed by atoms with E-state index in [1.54, 1.807) is 0 Å². The summed E-state index contributed by atoms with van der Waals surface area (Å²) in [5, 5.41) is 9.47. The van der Waals surface area contributed by atoms with E-state index < -0.39 is 0 Å². The van der Waals surface area contributed by atoms with Gasteiger partial charge < -0.3 is 4.74 Å². The molecule has 0 saturated carbocycles. The summed E-state index contributed by atoms with van der Waals surface area (Å²) in [5.41, 5.74) is 3.64. The fourth-order valence-electron chi connectivity index (χ4n) is 2.78. The second-order valence-electron chi connectivity index (χ2n) is 6.17. The predicted octanol–water partition coefficient (Wildman–Crippen LogP) is 6.14. The standard InChI is InChI=1S/C23H18BrN3OS/c24-19-11-13-20(14-12-19)28-15-16-29-23-25-21(17-7-3-1-4-8-17)22(26-27-23)18-9-5-2-6-10-18/h1-14H,15-16H2. The lowest BCUT2D eigenvalue weighted by molar-refractivity contribution is 0.344. The Morgan fingerprint density at radius 3 is 2.00 bits per heavy atom. The van der Waals surface area contributed by atoms with E-state index in [0.717, 1.165) is 38.5 Å². The average Bonchev–Trinajstić information content (AvgIpc) is 2.79. The Labute approximate surface area is 182 Å². The lowest BCUT2D eigenvalue weighted by atomic mass is 10.0. The molecule has 0 atom stereocenters. The van der Waals surface area contributed by atoms with Crippen molar-refractivity contribution in [1.29, 1.82) is 0 Å². The van der Waals surface area contributed by atoms with Crippen LogP contribution < -0.4 is 4.74 Å². The number of thioether (sulfide) groups is 1.